The molecule has 1 atom stereocenters. The molecule has 6 heteroatoms. The van der Waals surface area contributed by atoms with Gasteiger partial charge in [0.1, 0.15) is 5.75 Å². The fourth-order valence-electron chi connectivity index (χ4n) is 1.04. The van der Waals surface area contributed by atoms with Crippen molar-refractivity contribution in [2.24, 2.45) is 5.73 Å². The Morgan fingerprint density at radius 1 is 1.35 bits per heavy atom. The summed E-state index contributed by atoms with van der Waals surface area (Å²) in [5, 5.41) is 0. The molecule has 1 unspecified atom stereocenters. The van der Waals surface area contributed by atoms with E-state index in [2.05, 4.69) is 0 Å². The minimum atomic E-state index is -0.973. The zero-order valence-corrected chi connectivity index (χ0v) is 9.38. The zero-order chi connectivity index (χ0) is 12.8. The third-order valence-electron chi connectivity index (χ3n) is 1.97. The second kappa shape index (κ2) is 5.74. The largest absolute Gasteiger partial charge is 0.480 e. The molecule has 0 aliphatic rings. The summed E-state index contributed by atoms with van der Waals surface area (Å²) >= 11 is 0. The summed E-state index contributed by atoms with van der Waals surface area (Å²) < 4.78 is 9.82. The fourth-order valence-corrected chi connectivity index (χ4v) is 1.04. The Bertz CT molecular complexity index is 420. The van der Waals surface area contributed by atoms with E-state index >= 15 is 0 Å². The van der Waals surface area contributed by atoms with Crippen molar-refractivity contribution in [2.75, 3.05) is 12.3 Å². The third kappa shape index (κ3) is 4.02. The van der Waals surface area contributed by atoms with Gasteiger partial charge in [-0.25, -0.2) is 4.79 Å². The smallest absolute Gasteiger partial charge is 0.344 e. The first-order valence-corrected chi connectivity index (χ1v) is 4.97. The first-order chi connectivity index (χ1) is 8.00. The highest BCUT2D eigenvalue weighted by atomic mass is 16.6. The van der Waals surface area contributed by atoms with Crippen molar-refractivity contribution in [2.45, 2.75) is 13.0 Å². The minimum Gasteiger partial charge on any atom is -0.480 e. The van der Waals surface area contributed by atoms with Crippen molar-refractivity contribution in [3.05, 3.63) is 24.3 Å². The van der Waals surface area contributed by atoms with Crippen molar-refractivity contribution >= 4 is 17.6 Å². The lowest BCUT2D eigenvalue weighted by Gasteiger charge is -2.11. The standard InChI is InChI=1S/C11H14N2O4/c1-7(11(13)15)17-10(14)6-16-9-5-3-2-4-8(9)12/h2-5,7H,6,12H2,1H3,(H2,13,15). The molecule has 0 saturated heterocycles. The van der Waals surface area contributed by atoms with Gasteiger partial charge in [0.15, 0.2) is 12.7 Å². The van der Waals surface area contributed by atoms with Crippen LogP contribution in [0.1, 0.15) is 6.92 Å². The summed E-state index contributed by atoms with van der Waals surface area (Å²) in [6.45, 7) is 1.06. The van der Waals surface area contributed by atoms with Crippen LogP contribution in [-0.4, -0.2) is 24.6 Å². The molecule has 17 heavy (non-hydrogen) atoms. The Morgan fingerprint density at radius 3 is 2.59 bits per heavy atom. The Balaban J connectivity index is 2.44. The van der Waals surface area contributed by atoms with E-state index in [4.69, 9.17) is 20.9 Å². The van der Waals surface area contributed by atoms with Crippen LogP contribution in [0, 0.1) is 0 Å². The fraction of sp³-hybridized carbons (Fsp3) is 0.273. The molecular formula is C11H14N2O4. The van der Waals surface area contributed by atoms with Gasteiger partial charge in [0.05, 0.1) is 5.69 Å². The van der Waals surface area contributed by atoms with Gasteiger partial charge >= 0.3 is 5.97 Å². The molecule has 0 heterocycles. The molecule has 0 aromatic heterocycles. The Morgan fingerprint density at radius 2 is 2.00 bits per heavy atom. The molecule has 92 valence electrons. The maximum Gasteiger partial charge on any atom is 0.344 e. The molecule has 0 fully saturated rings. The molecule has 0 saturated carbocycles. The van der Waals surface area contributed by atoms with Crippen molar-refractivity contribution in [3.63, 3.8) is 0 Å². The quantitative estimate of drug-likeness (QED) is 0.557. The highest BCUT2D eigenvalue weighted by Crippen LogP contribution is 2.19. The third-order valence-corrected chi connectivity index (χ3v) is 1.97. The average Bonchev–Trinajstić information content (AvgIpc) is 2.27. The highest BCUT2D eigenvalue weighted by Gasteiger charge is 2.15. The summed E-state index contributed by atoms with van der Waals surface area (Å²) in [5.41, 5.74) is 11.0. The van der Waals surface area contributed by atoms with E-state index in [1.54, 1.807) is 24.3 Å². The number of primary amides is 1. The van der Waals surface area contributed by atoms with E-state index < -0.39 is 18.0 Å². The number of benzene rings is 1. The molecule has 1 aromatic carbocycles. The number of amides is 1. The normalized spacial score (nSPS) is 11.6. The van der Waals surface area contributed by atoms with E-state index in [9.17, 15) is 9.59 Å². The number of carbonyl (C=O) groups is 2. The highest BCUT2D eigenvalue weighted by molar-refractivity contribution is 5.82. The maximum atomic E-state index is 11.2. The topological polar surface area (TPSA) is 105 Å². The van der Waals surface area contributed by atoms with Crippen LogP contribution in [0.3, 0.4) is 0 Å². The van der Waals surface area contributed by atoms with Crippen LogP contribution in [0.4, 0.5) is 5.69 Å². The van der Waals surface area contributed by atoms with E-state index in [1.165, 1.54) is 6.92 Å². The van der Waals surface area contributed by atoms with Gasteiger partial charge in [-0.15, -0.1) is 0 Å². The molecule has 1 rings (SSSR count). The average molecular weight is 238 g/mol. The molecule has 4 N–H and O–H groups in total. The molecule has 0 bridgehead atoms. The number of anilines is 1. The molecule has 0 spiro atoms. The number of esters is 1. The number of hydrogen-bond donors (Lipinski definition) is 2. The monoisotopic (exact) mass is 238 g/mol. The first-order valence-electron chi connectivity index (χ1n) is 4.97. The number of para-hydroxylation sites is 2. The Kier molecular flexibility index (Phi) is 4.33. The lowest BCUT2D eigenvalue weighted by Crippen LogP contribution is -2.32. The van der Waals surface area contributed by atoms with Crippen LogP contribution in [0.25, 0.3) is 0 Å². The zero-order valence-electron chi connectivity index (χ0n) is 9.38. The molecule has 1 amide bonds. The van der Waals surface area contributed by atoms with Gasteiger partial charge in [0.25, 0.3) is 5.91 Å². The lowest BCUT2D eigenvalue weighted by atomic mass is 10.3. The molecule has 1 aromatic rings. The predicted molar refractivity (Wildman–Crippen MR) is 61.1 cm³/mol. The van der Waals surface area contributed by atoms with Gasteiger partial charge in [0, 0.05) is 0 Å². The maximum absolute atomic E-state index is 11.2. The first kappa shape index (κ1) is 12.8. The number of nitrogens with two attached hydrogens (primary N) is 2. The minimum absolute atomic E-state index is 0.328. The van der Waals surface area contributed by atoms with Crippen molar-refractivity contribution in [3.8, 4) is 5.75 Å². The number of hydrogen-bond acceptors (Lipinski definition) is 5. The van der Waals surface area contributed by atoms with Gasteiger partial charge in [-0.1, -0.05) is 12.1 Å². The molecule has 0 aliphatic heterocycles. The summed E-state index contributed by atoms with van der Waals surface area (Å²) in [4.78, 5) is 21.9. The van der Waals surface area contributed by atoms with Crippen LogP contribution in [0.15, 0.2) is 24.3 Å². The lowest BCUT2D eigenvalue weighted by molar-refractivity contribution is -0.155. The SMILES string of the molecule is CC(OC(=O)COc1ccccc1N)C(N)=O. The van der Waals surface area contributed by atoms with Crippen LogP contribution < -0.4 is 16.2 Å². The van der Waals surface area contributed by atoms with E-state index in [0.717, 1.165) is 0 Å². The van der Waals surface area contributed by atoms with Crippen molar-refractivity contribution < 1.29 is 19.1 Å². The van der Waals surface area contributed by atoms with Gasteiger partial charge in [-0.3, -0.25) is 4.79 Å². The molecular weight excluding hydrogens is 224 g/mol. The predicted octanol–water partition coefficient (Wildman–Crippen LogP) is 0.0646. The van der Waals surface area contributed by atoms with E-state index in [0.29, 0.717) is 11.4 Å². The van der Waals surface area contributed by atoms with Crippen LogP contribution >= 0.6 is 0 Å². The van der Waals surface area contributed by atoms with Gasteiger partial charge in [-0.2, -0.15) is 0 Å². The molecule has 0 radical (unpaired) electrons. The number of rotatable bonds is 5. The Labute approximate surface area is 98.5 Å². The van der Waals surface area contributed by atoms with Gasteiger partial charge in [-0.05, 0) is 19.1 Å². The summed E-state index contributed by atoms with van der Waals surface area (Å²) in [7, 11) is 0. The van der Waals surface area contributed by atoms with Gasteiger partial charge < -0.3 is 20.9 Å². The molecule has 0 aliphatic carbocycles. The second-order valence-corrected chi connectivity index (χ2v) is 3.36. The van der Waals surface area contributed by atoms with E-state index in [-0.39, 0.29) is 6.61 Å². The van der Waals surface area contributed by atoms with Crippen LogP contribution in [0.5, 0.6) is 5.75 Å². The number of carbonyl (C=O) groups excluding carboxylic acids is 2. The summed E-state index contributed by atoms with van der Waals surface area (Å²) in [6.07, 6.45) is -0.973. The summed E-state index contributed by atoms with van der Waals surface area (Å²) in [6, 6.07) is 6.74. The van der Waals surface area contributed by atoms with Crippen molar-refractivity contribution in [1.29, 1.82) is 0 Å². The Hall–Kier alpha value is -2.24. The summed E-state index contributed by atoms with van der Waals surface area (Å²) in [5.74, 6) is -1.01. The second-order valence-electron chi connectivity index (χ2n) is 3.36. The number of ether oxygens (including phenoxy) is 2. The van der Waals surface area contributed by atoms with Crippen LogP contribution in [-0.2, 0) is 14.3 Å². The van der Waals surface area contributed by atoms with Gasteiger partial charge in [0.2, 0.25) is 0 Å². The molecule has 6 nitrogen and oxygen atoms in total. The van der Waals surface area contributed by atoms with E-state index in [1.807, 2.05) is 0 Å². The van der Waals surface area contributed by atoms with Crippen molar-refractivity contribution in [1.82, 2.24) is 0 Å². The number of nitrogen functional groups attached to an aromatic ring is 1. The van der Waals surface area contributed by atoms with Crippen LogP contribution in [0.2, 0.25) is 0 Å².